The summed E-state index contributed by atoms with van der Waals surface area (Å²) in [4.78, 5) is 25.0. The number of oxazole rings is 1. The van der Waals surface area contributed by atoms with Gasteiger partial charge in [0.1, 0.15) is 10.9 Å². The minimum Gasteiger partial charge on any atom is -0.496 e. The third-order valence-corrected chi connectivity index (χ3v) is 5.68. The number of ether oxygens (including phenoxy) is 1. The number of halogens is 1. The lowest BCUT2D eigenvalue weighted by molar-refractivity contribution is 0.201. The molecule has 168 valence electrons. The van der Waals surface area contributed by atoms with Crippen molar-refractivity contribution in [2.45, 2.75) is 19.9 Å². The van der Waals surface area contributed by atoms with Crippen LogP contribution in [0.3, 0.4) is 0 Å². The van der Waals surface area contributed by atoms with Gasteiger partial charge in [0.15, 0.2) is 11.7 Å². The number of nitrogens with one attached hydrogen (secondary N) is 1. The Balaban J connectivity index is 1.38. The standard InChI is InChI=1S/C23H26ClN5O3/c1-16-25-15-21(32-16)19-6-5-18(12-20(19)31-2)28-8-3-9-29(11-10-28)23(30)27-14-17-4-7-22(24)26-13-17/h4-7,12-13,15H,3,8-11,14H2,1-2H3,(H,27,30). The molecule has 0 saturated carbocycles. The number of urea groups is 1. The van der Waals surface area contributed by atoms with Gasteiger partial charge in [-0.3, -0.25) is 0 Å². The van der Waals surface area contributed by atoms with Crippen molar-refractivity contribution < 1.29 is 13.9 Å². The van der Waals surface area contributed by atoms with E-state index in [1.54, 1.807) is 25.6 Å². The molecule has 1 N–H and O–H groups in total. The number of methoxy groups -OCH3 is 1. The number of pyridine rings is 1. The number of carbonyl (C=O) groups excluding carboxylic acids is 1. The van der Waals surface area contributed by atoms with Gasteiger partial charge in [-0.05, 0) is 30.2 Å². The first kappa shape index (κ1) is 22.0. The van der Waals surface area contributed by atoms with Gasteiger partial charge in [-0.25, -0.2) is 14.8 Å². The number of hydrogen-bond acceptors (Lipinski definition) is 6. The number of anilines is 1. The number of aryl methyl sites for hydroxylation is 1. The van der Waals surface area contributed by atoms with Gasteiger partial charge in [-0.15, -0.1) is 0 Å². The molecular formula is C23H26ClN5O3. The highest BCUT2D eigenvalue weighted by Gasteiger charge is 2.20. The van der Waals surface area contributed by atoms with E-state index < -0.39 is 0 Å². The second-order valence-corrected chi connectivity index (χ2v) is 7.99. The molecule has 0 aliphatic carbocycles. The zero-order valence-corrected chi connectivity index (χ0v) is 18.9. The molecule has 3 aromatic rings. The van der Waals surface area contributed by atoms with E-state index in [-0.39, 0.29) is 6.03 Å². The Bertz CT molecular complexity index is 1070. The van der Waals surface area contributed by atoms with Gasteiger partial charge in [-0.2, -0.15) is 0 Å². The Kier molecular flexibility index (Phi) is 6.80. The van der Waals surface area contributed by atoms with Crippen molar-refractivity contribution in [3.05, 3.63) is 59.3 Å². The second kappa shape index (κ2) is 9.91. The second-order valence-electron chi connectivity index (χ2n) is 7.60. The Morgan fingerprint density at radius 1 is 1.16 bits per heavy atom. The van der Waals surface area contributed by atoms with Crippen molar-refractivity contribution >= 4 is 23.3 Å². The van der Waals surface area contributed by atoms with E-state index in [9.17, 15) is 4.79 Å². The molecule has 0 radical (unpaired) electrons. The van der Waals surface area contributed by atoms with E-state index in [0.29, 0.717) is 36.4 Å². The maximum Gasteiger partial charge on any atom is 0.317 e. The van der Waals surface area contributed by atoms with Gasteiger partial charge in [-0.1, -0.05) is 17.7 Å². The fourth-order valence-electron chi connectivity index (χ4n) is 3.75. The highest BCUT2D eigenvalue weighted by atomic mass is 35.5. The number of aromatic nitrogens is 2. The molecule has 2 aromatic heterocycles. The highest BCUT2D eigenvalue weighted by molar-refractivity contribution is 6.29. The Morgan fingerprint density at radius 3 is 2.75 bits per heavy atom. The van der Waals surface area contributed by atoms with Crippen LogP contribution in [0.4, 0.5) is 10.5 Å². The molecule has 1 aliphatic heterocycles. The summed E-state index contributed by atoms with van der Waals surface area (Å²) in [5, 5.41) is 3.40. The van der Waals surface area contributed by atoms with E-state index in [1.807, 2.05) is 30.0 Å². The Morgan fingerprint density at radius 2 is 2.03 bits per heavy atom. The Hall–Kier alpha value is -3.26. The Labute approximate surface area is 192 Å². The lowest BCUT2D eigenvalue weighted by atomic mass is 10.1. The molecule has 1 saturated heterocycles. The van der Waals surface area contributed by atoms with Crippen LogP contribution in [-0.4, -0.2) is 54.2 Å². The number of amides is 2. The zero-order chi connectivity index (χ0) is 22.5. The number of benzene rings is 1. The summed E-state index contributed by atoms with van der Waals surface area (Å²) >= 11 is 5.81. The fourth-order valence-corrected chi connectivity index (χ4v) is 3.86. The largest absolute Gasteiger partial charge is 0.496 e. The number of carbonyl (C=O) groups is 1. The minimum atomic E-state index is -0.0737. The smallest absolute Gasteiger partial charge is 0.317 e. The molecule has 0 unspecified atom stereocenters. The van der Waals surface area contributed by atoms with E-state index >= 15 is 0 Å². The maximum atomic E-state index is 12.7. The van der Waals surface area contributed by atoms with Gasteiger partial charge in [0, 0.05) is 57.6 Å². The molecule has 1 aliphatic rings. The van der Waals surface area contributed by atoms with Crippen molar-refractivity contribution in [3.8, 4) is 17.1 Å². The normalized spacial score (nSPS) is 14.2. The summed E-state index contributed by atoms with van der Waals surface area (Å²) < 4.78 is 11.3. The average Bonchev–Trinajstić information content (AvgIpc) is 3.09. The number of rotatable bonds is 5. The molecular weight excluding hydrogens is 430 g/mol. The summed E-state index contributed by atoms with van der Waals surface area (Å²) in [5.41, 5.74) is 2.83. The first-order valence-electron chi connectivity index (χ1n) is 10.5. The molecule has 0 spiro atoms. The molecule has 8 nitrogen and oxygen atoms in total. The number of hydrogen-bond donors (Lipinski definition) is 1. The van der Waals surface area contributed by atoms with Crippen molar-refractivity contribution in [1.29, 1.82) is 0 Å². The van der Waals surface area contributed by atoms with Crippen molar-refractivity contribution in [2.24, 2.45) is 0 Å². The summed E-state index contributed by atoms with van der Waals surface area (Å²) in [7, 11) is 1.65. The highest BCUT2D eigenvalue weighted by Crippen LogP contribution is 2.34. The third kappa shape index (κ3) is 5.13. The average molecular weight is 456 g/mol. The van der Waals surface area contributed by atoms with Crippen LogP contribution in [0.25, 0.3) is 11.3 Å². The molecule has 1 aromatic carbocycles. The molecule has 9 heteroatoms. The van der Waals surface area contributed by atoms with Crippen LogP contribution < -0.4 is 15.0 Å². The monoisotopic (exact) mass is 455 g/mol. The van der Waals surface area contributed by atoms with Crippen LogP contribution in [0, 0.1) is 6.92 Å². The molecule has 4 rings (SSSR count). The number of nitrogens with zero attached hydrogens (tertiary/aromatic N) is 4. The summed E-state index contributed by atoms with van der Waals surface area (Å²) in [6.07, 6.45) is 4.25. The van der Waals surface area contributed by atoms with Crippen molar-refractivity contribution in [1.82, 2.24) is 20.2 Å². The van der Waals surface area contributed by atoms with Crippen molar-refractivity contribution in [3.63, 3.8) is 0 Å². The van der Waals surface area contributed by atoms with Crippen LogP contribution in [-0.2, 0) is 6.54 Å². The van der Waals surface area contributed by atoms with Crippen LogP contribution in [0.2, 0.25) is 5.15 Å². The minimum absolute atomic E-state index is 0.0737. The van der Waals surface area contributed by atoms with Gasteiger partial charge in [0.25, 0.3) is 0 Å². The quantitative estimate of drug-likeness (QED) is 0.582. The van der Waals surface area contributed by atoms with Gasteiger partial charge in [0.05, 0.1) is 18.9 Å². The lowest BCUT2D eigenvalue weighted by Crippen LogP contribution is -2.41. The van der Waals surface area contributed by atoms with E-state index in [4.69, 9.17) is 20.8 Å². The lowest BCUT2D eigenvalue weighted by Gasteiger charge is -2.24. The summed E-state index contributed by atoms with van der Waals surface area (Å²) in [6, 6.07) is 9.56. The summed E-state index contributed by atoms with van der Waals surface area (Å²) in [6.45, 7) is 5.16. The van der Waals surface area contributed by atoms with E-state index in [1.165, 1.54) is 0 Å². The zero-order valence-electron chi connectivity index (χ0n) is 18.2. The first-order valence-corrected chi connectivity index (χ1v) is 10.9. The fraction of sp³-hybridized carbons (Fsp3) is 0.348. The summed E-state index contributed by atoms with van der Waals surface area (Å²) in [5.74, 6) is 2.03. The van der Waals surface area contributed by atoms with Crippen LogP contribution in [0.1, 0.15) is 17.9 Å². The predicted octanol–water partition coefficient (Wildman–Crippen LogP) is 4.13. The van der Waals surface area contributed by atoms with Crippen LogP contribution in [0.5, 0.6) is 5.75 Å². The predicted molar refractivity (Wildman–Crippen MR) is 123 cm³/mol. The molecule has 1 fully saturated rings. The topological polar surface area (TPSA) is 83.7 Å². The van der Waals surface area contributed by atoms with Crippen molar-refractivity contribution in [2.75, 3.05) is 38.2 Å². The molecule has 0 bridgehead atoms. The molecule has 32 heavy (non-hydrogen) atoms. The van der Waals surface area contributed by atoms with Gasteiger partial charge >= 0.3 is 6.03 Å². The SMILES string of the molecule is COc1cc(N2CCCN(C(=O)NCc3ccc(Cl)nc3)CC2)ccc1-c1cnc(C)o1. The van der Waals surface area contributed by atoms with Crippen LogP contribution in [0.15, 0.2) is 47.1 Å². The van der Waals surface area contributed by atoms with E-state index in [2.05, 4.69) is 26.3 Å². The van der Waals surface area contributed by atoms with Crippen LogP contribution >= 0.6 is 11.6 Å². The first-order chi connectivity index (χ1) is 15.5. The van der Waals surface area contributed by atoms with E-state index in [0.717, 1.165) is 42.1 Å². The van der Waals surface area contributed by atoms with Gasteiger partial charge < -0.3 is 24.3 Å². The third-order valence-electron chi connectivity index (χ3n) is 5.45. The van der Waals surface area contributed by atoms with Gasteiger partial charge in [0.2, 0.25) is 0 Å². The maximum absolute atomic E-state index is 12.7. The molecule has 2 amide bonds. The molecule has 3 heterocycles. The molecule has 0 atom stereocenters.